The van der Waals surface area contributed by atoms with Crippen LogP contribution in [0.4, 0.5) is 18.9 Å². The Hall–Kier alpha value is -3.83. The maximum absolute atomic E-state index is 13.8. The van der Waals surface area contributed by atoms with Crippen molar-refractivity contribution in [2.75, 3.05) is 4.90 Å². The highest BCUT2D eigenvalue weighted by Gasteiger charge is 2.56. The Bertz CT molecular complexity index is 1660. The molecule has 3 heterocycles. The maximum Gasteiger partial charge on any atom is 0.416 e. The summed E-state index contributed by atoms with van der Waals surface area (Å²) in [6.45, 7) is 2.37. The van der Waals surface area contributed by atoms with Gasteiger partial charge in [-0.1, -0.05) is 71.1 Å². The predicted molar refractivity (Wildman–Crippen MR) is 146 cm³/mol. The number of rotatable bonds is 5. The van der Waals surface area contributed by atoms with E-state index in [1.807, 2.05) is 31.2 Å². The zero-order valence-corrected chi connectivity index (χ0v) is 22.5. The number of fused-ring (bicyclic) bond motifs is 2. The van der Waals surface area contributed by atoms with Crippen LogP contribution in [0, 0.1) is 12.8 Å². The third-order valence-corrected chi connectivity index (χ3v) is 9.42. The van der Waals surface area contributed by atoms with E-state index in [0.717, 1.165) is 51.3 Å². The van der Waals surface area contributed by atoms with Crippen LogP contribution in [0.1, 0.15) is 33.0 Å². The molecule has 3 atom stereocenters. The molecule has 2 amide bonds. The summed E-state index contributed by atoms with van der Waals surface area (Å²) in [5.41, 5.74) is 1.77. The quantitative estimate of drug-likeness (QED) is 0.286. The molecule has 6 rings (SSSR count). The summed E-state index contributed by atoms with van der Waals surface area (Å²) in [7, 11) is 0. The molecular formula is C29H21F3N2O4S2. The Kier molecular flexibility index (Phi) is 6.58. The Balaban J connectivity index is 1.32. The third-order valence-electron chi connectivity index (χ3n) is 7.02. The number of halogens is 3. The summed E-state index contributed by atoms with van der Waals surface area (Å²) in [5, 5.41) is -0.407. The number of benzene rings is 3. The van der Waals surface area contributed by atoms with Gasteiger partial charge in [0.05, 0.1) is 22.2 Å². The number of carbonyl (C=O) groups is 2. The molecule has 0 radical (unpaired) electrons. The van der Waals surface area contributed by atoms with Crippen LogP contribution >= 0.6 is 23.1 Å². The van der Waals surface area contributed by atoms with Crippen molar-refractivity contribution in [3.63, 3.8) is 0 Å². The van der Waals surface area contributed by atoms with Crippen molar-refractivity contribution in [2.45, 2.75) is 35.9 Å². The van der Waals surface area contributed by atoms with E-state index in [0.29, 0.717) is 27.8 Å². The fraction of sp³-hybridized carbons (Fsp3) is 0.207. The van der Waals surface area contributed by atoms with E-state index >= 15 is 0 Å². The zero-order chi connectivity index (χ0) is 28.2. The van der Waals surface area contributed by atoms with E-state index in [4.69, 9.17) is 4.74 Å². The molecule has 1 fully saturated rings. The number of H-pyrrole nitrogens is 1. The van der Waals surface area contributed by atoms with Gasteiger partial charge in [-0.2, -0.15) is 13.2 Å². The lowest BCUT2D eigenvalue weighted by Crippen LogP contribution is -2.32. The number of aryl methyl sites for hydroxylation is 1. The van der Waals surface area contributed by atoms with E-state index in [-0.39, 0.29) is 10.6 Å². The molecule has 2 aliphatic rings. The Morgan fingerprint density at radius 1 is 0.950 bits per heavy atom. The number of imide groups is 1. The van der Waals surface area contributed by atoms with Gasteiger partial charge >= 0.3 is 11.0 Å². The second-order valence-electron chi connectivity index (χ2n) is 9.65. The number of ether oxygens (including phenoxy) is 1. The van der Waals surface area contributed by atoms with Crippen LogP contribution in [0.15, 0.2) is 82.6 Å². The summed E-state index contributed by atoms with van der Waals surface area (Å²) >= 11 is 2.04. The topological polar surface area (TPSA) is 79.5 Å². The molecule has 0 bridgehead atoms. The van der Waals surface area contributed by atoms with E-state index in [9.17, 15) is 27.6 Å². The molecule has 4 aromatic rings. The van der Waals surface area contributed by atoms with Gasteiger partial charge in [-0.15, -0.1) is 0 Å². The molecule has 0 unspecified atom stereocenters. The number of thioether (sulfide) groups is 1. The molecule has 40 heavy (non-hydrogen) atoms. The maximum atomic E-state index is 13.8. The number of hydrogen-bond donors (Lipinski definition) is 1. The van der Waals surface area contributed by atoms with Crippen LogP contribution in [0.3, 0.4) is 0 Å². The van der Waals surface area contributed by atoms with E-state index < -0.39 is 40.6 Å². The summed E-state index contributed by atoms with van der Waals surface area (Å²) in [4.78, 5) is 43.4. The molecule has 0 aliphatic carbocycles. The molecule has 3 aromatic carbocycles. The van der Waals surface area contributed by atoms with Crippen molar-refractivity contribution >= 4 is 40.6 Å². The molecule has 2 aliphatic heterocycles. The second kappa shape index (κ2) is 9.97. The molecule has 6 nitrogen and oxygen atoms in total. The largest absolute Gasteiger partial charge is 0.489 e. The minimum atomic E-state index is -4.63. The van der Waals surface area contributed by atoms with Gasteiger partial charge in [-0.05, 0) is 48.4 Å². The number of aromatic nitrogens is 1. The van der Waals surface area contributed by atoms with E-state index in [1.165, 1.54) is 12.1 Å². The van der Waals surface area contributed by atoms with Crippen LogP contribution in [0.2, 0.25) is 0 Å². The Labute approximate surface area is 234 Å². The van der Waals surface area contributed by atoms with Crippen molar-refractivity contribution in [3.05, 3.63) is 110 Å². The normalized spacial score (nSPS) is 20.4. The average molecular weight is 583 g/mol. The minimum absolute atomic E-state index is 0.129. The fourth-order valence-corrected chi connectivity index (χ4v) is 7.59. The van der Waals surface area contributed by atoms with Crippen molar-refractivity contribution in [2.24, 2.45) is 5.92 Å². The SMILES string of the molecule is Cc1ccc(COc2ccc([C@@H]3c4sc(=O)[nH]c4S[C@H]4C(=O)N(c5cccc(C(F)(F)F)c5)C(=O)[C@@H]34)cc2)cc1. The molecule has 0 saturated carbocycles. The van der Waals surface area contributed by atoms with Crippen molar-refractivity contribution in [3.8, 4) is 5.75 Å². The first kappa shape index (κ1) is 26.4. The molecule has 11 heteroatoms. The van der Waals surface area contributed by atoms with Gasteiger partial charge in [-0.25, -0.2) is 4.90 Å². The molecule has 204 valence electrons. The monoisotopic (exact) mass is 582 g/mol. The van der Waals surface area contributed by atoms with Gasteiger partial charge in [0.25, 0.3) is 0 Å². The number of hydrogen-bond acceptors (Lipinski definition) is 6. The van der Waals surface area contributed by atoms with Gasteiger partial charge in [-0.3, -0.25) is 14.4 Å². The Morgan fingerprint density at radius 2 is 1.68 bits per heavy atom. The van der Waals surface area contributed by atoms with E-state index in [1.54, 1.807) is 24.3 Å². The summed E-state index contributed by atoms with van der Waals surface area (Å²) in [6.07, 6.45) is -4.63. The standard InChI is InChI=1S/C29H21F3N2O4S2/c1-15-5-7-16(8-6-15)14-38-20-11-9-17(10-12-20)21-22-24(39-25-23(21)40-28(37)33-25)27(36)34(26(22)35)19-4-2-3-18(13-19)29(30,31)32/h2-13,21-22,24H,14H2,1H3,(H,33,37)/t21-,22-,24+/m0/s1. The number of anilines is 1. The smallest absolute Gasteiger partial charge is 0.416 e. The number of alkyl halides is 3. The van der Waals surface area contributed by atoms with Gasteiger partial charge < -0.3 is 9.72 Å². The van der Waals surface area contributed by atoms with E-state index in [2.05, 4.69) is 4.98 Å². The van der Waals surface area contributed by atoms with Crippen molar-refractivity contribution < 1.29 is 27.5 Å². The van der Waals surface area contributed by atoms with Crippen LogP contribution in [0.25, 0.3) is 0 Å². The molecule has 1 saturated heterocycles. The van der Waals surface area contributed by atoms with Crippen LogP contribution < -0.4 is 14.5 Å². The van der Waals surface area contributed by atoms with Gasteiger partial charge in [0.2, 0.25) is 11.8 Å². The number of carbonyl (C=O) groups excluding carboxylic acids is 2. The number of thiazole rings is 1. The fourth-order valence-electron chi connectivity index (χ4n) is 5.07. The second-order valence-corrected chi connectivity index (χ2v) is 11.8. The summed E-state index contributed by atoms with van der Waals surface area (Å²) < 4.78 is 46.0. The first-order valence-corrected chi connectivity index (χ1v) is 14.0. The highest BCUT2D eigenvalue weighted by atomic mass is 32.2. The zero-order valence-electron chi connectivity index (χ0n) is 20.9. The first-order valence-electron chi connectivity index (χ1n) is 12.3. The van der Waals surface area contributed by atoms with Crippen LogP contribution in [0.5, 0.6) is 5.75 Å². The number of amides is 2. The van der Waals surface area contributed by atoms with Gasteiger partial charge in [0.15, 0.2) is 0 Å². The van der Waals surface area contributed by atoms with Crippen LogP contribution in [-0.4, -0.2) is 22.0 Å². The lowest BCUT2D eigenvalue weighted by molar-refractivity contribution is -0.137. The predicted octanol–water partition coefficient (Wildman–Crippen LogP) is 6.14. The summed E-state index contributed by atoms with van der Waals surface area (Å²) in [6, 6.07) is 19.3. The minimum Gasteiger partial charge on any atom is -0.489 e. The molecular weight excluding hydrogens is 561 g/mol. The molecule has 1 N–H and O–H groups in total. The number of aromatic amines is 1. The van der Waals surface area contributed by atoms with Gasteiger partial charge in [0.1, 0.15) is 17.6 Å². The molecule has 0 spiro atoms. The highest BCUT2D eigenvalue weighted by molar-refractivity contribution is 8.00. The average Bonchev–Trinajstić information content (AvgIpc) is 3.42. The third kappa shape index (κ3) is 4.73. The van der Waals surface area contributed by atoms with Crippen LogP contribution in [-0.2, 0) is 22.4 Å². The first-order chi connectivity index (χ1) is 19.1. The Morgan fingerprint density at radius 3 is 2.38 bits per heavy atom. The highest BCUT2D eigenvalue weighted by Crippen LogP contribution is 2.53. The molecule has 1 aromatic heterocycles. The van der Waals surface area contributed by atoms with Crippen molar-refractivity contribution in [1.82, 2.24) is 4.98 Å². The van der Waals surface area contributed by atoms with Crippen molar-refractivity contribution in [1.29, 1.82) is 0 Å². The van der Waals surface area contributed by atoms with Gasteiger partial charge in [0, 0.05) is 10.8 Å². The lowest BCUT2D eigenvalue weighted by Gasteiger charge is -2.29. The number of nitrogens with zero attached hydrogens (tertiary/aromatic N) is 1. The number of nitrogens with one attached hydrogen (secondary N) is 1. The lowest BCUT2D eigenvalue weighted by atomic mass is 9.83. The summed E-state index contributed by atoms with van der Waals surface area (Å²) in [5.74, 6) is -2.14.